The van der Waals surface area contributed by atoms with E-state index in [1.54, 1.807) is 11.1 Å². The maximum Gasteiger partial charge on any atom is 0.0614 e. The van der Waals surface area contributed by atoms with E-state index in [9.17, 15) is 10.2 Å². The molecule has 182 valence electrons. The van der Waals surface area contributed by atoms with Gasteiger partial charge in [0.15, 0.2) is 0 Å². The van der Waals surface area contributed by atoms with E-state index < -0.39 is 0 Å². The van der Waals surface area contributed by atoms with Gasteiger partial charge in [-0.05, 0) is 90.8 Å². The van der Waals surface area contributed by atoms with Gasteiger partial charge in [-0.15, -0.1) is 0 Å². The minimum absolute atomic E-state index is 0.0183. The van der Waals surface area contributed by atoms with E-state index in [1.807, 2.05) is 0 Å². The number of fused-ring (bicyclic) bond motifs is 4. The quantitative estimate of drug-likeness (QED) is 0.453. The summed E-state index contributed by atoms with van der Waals surface area (Å²) in [5.41, 5.74) is 3.71. The SMILES string of the molecule is CC(C)[C@@H](C)/C=C/[C@@H](C)[C@H]1C[C@@H](O)[C@@H]2C3=C(CC[C@]12C)[C@@]1(C)CC[C@H](O)C(C)(C)[C@@H]1CC3. The van der Waals surface area contributed by atoms with Crippen molar-refractivity contribution >= 4 is 0 Å². The summed E-state index contributed by atoms with van der Waals surface area (Å²) < 4.78 is 0. The van der Waals surface area contributed by atoms with E-state index in [4.69, 9.17) is 0 Å². The van der Waals surface area contributed by atoms with Crippen LogP contribution < -0.4 is 0 Å². The Morgan fingerprint density at radius 2 is 1.59 bits per heavy atom. The molecule has 2 N–H and O–H groups in total. The third-order valence-corrected chi connectivity index (χ3v) is 11.4. The summed E-state index contributed by atoms with van der Waals surface area (Å²) in [7, 11) is 0. The Bertz CT molecular complexity index is 776. The molecule has 0 heterocycles. The summed E-state index contributed by atoms with van der Waals surface area (Å²) in [4.78, 5) is 0. The van der Waals surface area contributed by atoms with Crippen molar-refractivity contribution in [3.05, 3.63) is 23.3 Å². The van der Waals surface area contributed by atoms with Gasteiger partial charge in [0.05, 0.1) is 12.2 Å². The summed E-state index contributed by atoms with van der Waals surface area (Å²) in [6.07, 6.45) is 12.2. The number of aliphatic hydroxyl groups is 2. The van der Waals surface area contributed by atoms with E-state index in [0.29, 0.717) is 35.5 Å². The maximum atomic E-state index is 11.4. The van der Waals surface area contributed by atoms with Crippen molar-refractivity contribution in [2.75, 3.05) is 0 Å². The van der Waals surface area contributed by atoms with Crippen LogP contribution in [0.5, 0.6) is 0 Å². The van der Waals surface area contributed by atoms with Gasteiger partial charge in [-0.3, -0.25) is 0 Å². The summed E-state index contributed by atoms with van der Waals surface area (Å²) in [6.45, 7) is 18.9. The fourth-order valence-electron chi connectivity index (χ4n) is 8.92. The first-order valence-corrected chi connectivity index (χ1v) is 13.6. The van der Waals surface area contributed by atoms with Crippen LogP contribution in [0, 0.1) is 51.8 Å². The standard InChI is InChI=1S/C30H50O2/c1-18(2)19(3)9-10-20(4)23-17-24(31)27-21-11-12-25-28(5,6)26(32)14-16-29(25,7)22(21)13-15-30(23,27)8/h9-10,18-20,23-27,31-32H,11-17H2,1-8H3/b10-9+/t19-,20+,23+,24+,25-,26-,27-,29+,30+/m0/s1. The first-order valence-electron chi connectivity index (χ1n) is 13.6. The first-order chi connectivity index (χ1) is 14.8. The fourth-order valence-corrected chi connectivity index (χ4v) is 8.92. The fraction of sp³-hybridized carbons (Fsp3) is 0.867. The second kappa shape index (κ2) is 8.26. The molecule has 0 amide bonds. The summed E-state index contributed by atoms with van der Waals surface area (Å²) in [6, 6.07) is 0. The van der Waals surface area contributed by atoms with Crippen LogP contribution in [0.1, 0.15) is 100 Å². The zero-order valence-electron chi connectivity index (χ0n) is 22.1. The summed E-state index contributed by atoms with van der Waals surface area (Å²) >= 11 is 0. The minimum Gasteiger partial charge on any atom is -0.393 e. The van der Waals surface area contributed by atoms with Crippen LogP contribution in [0.2, 0.25) is 0 Å². The average Bonchev–Trinajstić information content (AvgIpc) is 3.00. The molecule has 4 rings (SSSR count). The van der Waals surface area contributed by atoms with E-state index in [-0.39, 0.29) is 28.5 Å². The van der Waals surface area contributed by atoms with E-state index in [1.165, 1.54) is 19.3 Å². The topological polar surface area (TPSA) is 40.5 Å². The van der Waals surface area contributed by atoms with Gasteiger partial charge in [0.25, 0.3) is 0 Å². The number of aliphatic hydroxyl groups excluding tert-OH is 2. The number of hydrogen-bond donors (Lipinski definition) is 2. The Labute approximate surface area is 198 Å². The Morgan fingerprint density at radius 1 is 0.906 bits per heavy atom. The van der Waals surface area contributed by atoms with Gasteiger partial charge in [0, 0.05) is 5.92 Å². The lowest BCUT2D eigenvalue weighted by molar-refractivity contribution is -0.0940. The second-order valence-electron chi connectivity index (χ2n) is 13.6. The van der Waals surface area contributed by atoms with Crippen LogP contribution in [-0.4, -0.2) is 22.4 Å². The predicted octanol–water partition coefficient (Wildman–Crippen LogP) is 7.16. The molecule has 0 bridgehead atoms. The van der Waals surface area contributed by atoms with E-state index in [2.05, 4.69) is 67.5 Å². The number of rotatable bonds is 4. The van der Waals surface area contributed by atoms with Gasteiger partial charge in [-0.1, -0.05) is 78.7 Å². The highest BCUT2D eigenvalue weighted by molar-refractivity contribution is 5.36. The lowest BCUT2D eigenvalue weighted by Crippen LogP contribution is -2.54. The van der Waals surface area contributed by atoms with Crippen molar-refractivity contribution < 1.29 is 10.2 Å². The molecule has 2 saturated carbocycles. The maximum absolute atomic E-state index is 11.4. The molecule has 9 atom stereocenters. The first kappa shape index (κ1) is 24.5. The third-order valence-electron chi connectivity index (χ3n) is 11.4. The van der Waals surface area contributed by atoms with Gasteiger partial charge in [0.2, 0.25) is 0 Å². The van der Waals surface area contributed by atoms with Crippen molar-refractivity contribution in [2.24, 2.45) is 51.8 Å². The van der Waals surface area contributed by atoms with Gasteiger partial charge in [0.1, 0.15) is 0 Å². The normalized spacial score (nSPS) is 45.5. The van der Waals surface area contributed by atoms with Crippen LogP contribution in [0.25, 0.3) is 0 Å². The van der Waals surface area contributed by atoms with Gasteiger partial charge in [-0.2, -0.15) is 0 Å². The molecule has 2 fully saturated rings. The monoisotopic (exact) mass is 442 g/mol. The Kier molecular flexibility index (Phi) is 6.33. The van der Waals surface area contributed by atoms with E-state index in [0.717, 1.165) is 25.7 Å². The Balaban J connectivity index is 1.65. The minimum atomic E-state index is -0.198. The highest BCUT2D eigenvalue weighted by Gasteiger charge is 2.61. The molecule has 0 aliphatic heterocycles. The molecule has 0 aromatic carbocycles. The molecule has 0 saturated heterocycles. The smallest absolute Gasteiger partial charge is 0.0614 e. The van der Waals surface area contributed by atoms with Crippen LogP contribution in [-0.2, 0) is 0 Å². The van der Waals surface area contributed by atoms with Gasteiger partial charge < -0.3 is 10.2 Å². The van der Waals surface area contributed by atoms with Crippen molar-refractivity contribution in [3.8, 4) is 0 Å². The number of allylic oxidation sites excluding steroid dienone is 3. The lowest BCUT2D eigenvalue weighted by Gasteiger charge is -2.60. The molecule has 0 aromatic heterocycles. The third kappa shape index (κ3) is 3.58. The van der Waals surface area contributed by atoms with Crippen LogP contribution in [0.3, 0.4) is 0 Å². The molecule has 2 nitrogen and oxygen atoms in total. The summed E-state index contributed by atoms with van der Waals surface area (Å²) in [5, 5.41) is 22.2. The van der Waals surface area contributed by atoms with Crippen LogP contribution >= 0.6 is 0 Å². The zero-order chi connectivity index (χ0) is 23.6. The van der Waals surface area contributed by atoms with Crippen LogP contribution in [0.4, 0.5) is 0 Å². The molecule has 4 aliphatic carbocycles. The molecule has 0 spiro atoms. The molecule has 0 radical (unpaired) electrons. The summed E-state index contributed by atoms with van der Waals surface area (Å²) in [5.74, 6) is 3.24. The molecular weight excluding hydrogens is 392 g/mol. The molecule has 0 unspecified atom stereocenters. The van der Waals surface area contributed by atoms with Gasteiger partial charge >= 0.3 is 0 Å². The van der Waals surface area contributed by atoms with Crippen molar-refractivity contribution in [1.29, 1.82) is 0 Å². The van der Waals surface area contributed by atoms with Crippen molar-refractivity contribution in [3.63, 3.8) is 0 Å². The molecule has 32 heavy (non-hydrogen) atoms. The van der Waals surface area contributed by atoms with E-state index >= 15 is 0 Å². The largest absolute Gasteiger partial charge is 0.393 e. The van der Waals surface area contributed by atoms with Crippen molar-refractivity contribution in [1.82, 2.24) is 0 Å². The second-order valence-corrected chi connectivity index (χ2v) is 13.6. The van der Waals surface area contributed by atoms with Gasteiger partial charge in [-0.25, -0.2) is 0 Å². The molecule has 2 heteroatoms. The average molecular weight is 443 g/mol. The van der Waals surface area contributed by atoms with Crippen molar-refractivity contribution in [2.45, 2.75) is 113 Å². The molecule has 0 aromatic rings. The number of hydrogen-bond acceptors (Lipinski definition) is 2. The predicted molar refractivity (Wildman–Crippen MR) is 134 cm³/mol. The Morgan fingerprint density at radius 3 is 2.25 bits per heavy atom. The highest BCUT2D eigenvalue weighted by Crippen LogP contribution is 2.67. The van der Waals surface area contributed by atoms with Crippen LogP contribution in [0.15, 0.2) is 23.3 Å². The Hall–Kier alpha value is -0.600. The highest BCUT2D eigenvalue weighted by atomic mass is 16.3. The lowest BCUT2D eigenvalue weighted by atomic mass is 9.45. The molecule has 4 aliphatic rings. The zero-order valence-corrected chi connectivity index (χ0v) is 22.1. The molecular formula is C30H50O2.